The van der Waals surface area contributed by atoms with Gasteiger partial charge in [0.05, 0.1) is 0 Å². The van der Waals surface area contributed by atoms with Crippen LogP contribution >= 0.6 is 46.0 Å². The standard InChI is InChI=1S/C10H20N2S4.Hg/c1-5-11(6-2)9(13)15-16-10(14)12(7-3)8-4;/h5-8H2,1-4H3;. The molecule has 0 bridgehead atoms. The van der Waals surface area contributed by atoms with Crippen LogP contribution in [0.15, 0.2) is 0 Å². The molecule has 0 amide bonds. The third-order valence-corrected chi connectivity index (χ3v) is 5.96. The fourth-order valence-electron chi connectivity index (χ4n) is 1.14. The SMILES string of the molecule is CCN(CC)C(=S)SSC(=S)N(CC)CC.[Hg]. The fraction of sp³-hybridized carbons (Fsp3) is 0.800. The van der Waals surface area contributed by atoms with Crippen molar-refractivity contribution >= 4 is 54.7 Å². The molecular formula is C10H20HgN2S4. The Balaban J connectivity index is 0. The fourth-order valence-corrected chi connectivity index (χ4v) is 4.20. The normalized spacial score (nSPS) is 9.41. The average molecular weight is 497 g/mol. The Morgan fingerprint density at radius 1 is 0.765 bits per heavy atom. The molecule has 0 fully saturated rings. The van der Waals surface area contributed by atoms with Crippen molar-refractivity contribution in [1.29, 1.82) is 0 Å². The number of rotatable bonds is 4. The third-order valence-electron chi connectivity index (χ3n) is 2.23. The molecule has 0 aliphatic rings. The molecule has 7 heteroatoms. The molecule has 2 nitrogen and oxygen atoms in total. The number of hydrogen-bond donors (Lipinski definition) is 0. The maximum Gasteiger partial charge on any atom is 0.147 e. The zero-order chi connectivity index (χ0) is 12.6. The van der Waals surface area contributed by atoms with E-state index >= 15 is 0 Å². The minimum absolute atomic E-state index is 0. The van der Waals surface area contributed by atoms with Crippen molar-refractivity contribution in [2.45, 2.75) is 27.7 Å². The van der Waals surface area contributed by atoms with Crippen molar-refractivity contribution in [3.63, 3.8) is 0 Å². The molecule has 0 aliphatic heterocycles. The number of hydrogen-bond acceptors (Lipinski definition) is 4. The van der Waals surface area contributed by atoms with Gasteiger partial charge in [-0.1, -0.05) is 24.4 Å². The molecule has 0 spiro atoms. The summed E-state index contributed by atoms with van der Waals surface area (Å²) in [6.45, 7) is 12.3. The Bertz CT molecular complexity index is 206. The van der Waals surface area contributed by atoms with E-state index < -0.39 is 0 Å². The Kier molecular flexibility index (Phi) is 15.2. The van der Waals surface area contributed by atoms with Gasteiger partial charge in [0, 0.05) is 53.8 Å². The second-order valence-electron chi connectivity index (χ2n) is 3.04. The van der Waals surface area contributed by atoms with Gasteiger partial charge in [0.1, 0.15) is 8.64 Å². The van der Waals surface area contributed by atoms with Gasteiger partial charge in [0.15, 0.2) is 0 Å². The summed E-state index contributed by atoms with van der Waals surface area (Å²) in [4.78, 5) is 4.33. The van der Waals surface area contributed by atoms with E-state index in [1.54, 1.807) is 21.6 Å². The molecule has 0 aromatic heterocycles. The van der Waals surface area contributed by atoms with E-state index in [1.165, 1.54) is 0 Å². The van der Waals surface area contributed by atoms with Gasteiger partial charge in [0.2, 0.25) is 0 Å². The summed E-state index contributed by atoms with van der Waals surface area (Å²) < 4.78 is 1.84. The first kappa shape index (κ1) is 20.7. The van der Waals surface area contributed by atoms with Gasteiger partial charge in [-0.15, -0.1) is 0 Å². The van der Waals surface area contributed by atoms with Gasteiger partial charge in [0.25, 0.3) is 0 Å². The van der Waals surface area contributed by atoms with E-state index in [0.717, 1.165) is 34.8 Å². The molecule has 96 valence electrons. The van der Waals surface area contributed by atoms with Crippen molar-refractivity contribution in [2.24, 2.45) is 0 Å². The summed E-state index contributed by atoms with van der Waals surface area (Å²) in [5.74, 6) is 0. The largest absolute Gasteiger partial charge is 0.357 e. The van der Waals surface area contributed by atoms with Crippen LogP contribution < -0.4 is 0 Å². The van der Waals surface area contributed by atoms with Crippen molar-refractivity contribution < 1.29 is 27.7 Å². The maximum absolute atomic E-state index is 5.34. The zero-order valence-corrected chi connectivity index (χ0v) is 19.8. The van der Waals surface area contributed by atoms with Crippen LogP contribution in [-0.2, 0) is 27.7 Å². The Morgan fingerprint density at radius 3 is 1.18 bits per heavy atom. The van der Waals surface area contributed by atoms with Crippen LogP contribution in [0.1, 0.15) is 27.7 Å². The summed E-state index contributed by atoms with van der Waals surface area (Å²) in [5, 5.41) is 0. The van der Waals surface area contributed by atoms with Crippen LogP contribution in [0, 0.1) is 0 Å². The third kappa shape index (κ3) is 8.24. The van der Waals surface area contributed by atoms with Crippen LogP contribution in [0.2, 0.25) is 0 Å². The first-order valence-electron chi connectivity index (χ1n) is 5.52. The minimum Gasteiger partial charge on any atom is -0.357 e. The van der Waals surface area contributed by atoms with Gasteiger partial charge < -0.3 is 9.80 Å². The van der Waals surface area contributed by atoms with E-state index in [2.05, 4.69) is 37.5 Å². The van der Waals surface area contributed by atoms with Crippen molar-refractivity contribution in [1.82, 2.24) is 9.80 Å². The Morgan fingerprint density at radius 2 is 1.00 bits per heavy atom. The van der Waals surface area contributed by atoms with Gasteiger partial charge in [-0.25, -0.2) is 0 Å². The predicted octanol–water partition coefficient (Wildman–Crippen LogP) is 3.62. The molecule has 17 heavy (non-hydrogen) atoms. The molecule has 0 unspecified atom stereocenters. The predicted molar refractivity (Wildman–Crippen MR) is 86.2 cm³/mol. The molecule has 0 aromatic rings. The second kappa shape index (κ2) is 12.4. The molecule has 0 saturated heterocycles. The smallest absolute Gasteiger partial charge is 0.147 e. The van der Waals surface area contributed by atoms with Gasteiger partial charge in [-0.2, -0.15) is 0 Å². The maximum atomic E-state index is 5.34. The molecule has 0 saturated carbocycles. The van der Waals surface area contributed by atoms with E-state index in [4.69, 9.17) is 24.4 Å². The molecule has 0 heterocycles. The summed E-state index contributed by atoms with van der Waals surface area (Å²) in [5.41, 5.74) is 0. The quantitative estimate of drug-likeness (QED) is 0.331. The average Bonchev–Trinajstić information content (AvgIpc) is 2.29. The first-order chi connectivity index (χ1) is 7.60. The Labute approximate surface area is 145 Å². The van der Waals surface area contributed by atoms with Crippen molar-refractivity contribution in [3.05, 3.63) is 0 Å². The van der Waals surface area contributed by atoms with Crippen LogP contribution in [0.4, 0.5) is 0 Å². The van der Waals surface area contributed by atoms with E-state index in [-0.39, 0.29) is 27.7 Å². The molecule has 0 aliphatic carbocycles. The van der Waals surface area contributed by atoms with Gasteiger partial charge >= 0.3 is 0 Å². The number of thiocarbonyl (C=S) groups is 2. The van der Waals surface area contributed by atoms with Gasteiger partial charge in [-0.3, -0.25) is 0 Å². The topological polar surface area (TPSA) is 6.48 Å². The Hall–Kier alpha value is 1.42. The summed E-state index contributed by atoms with van der Waals surface area (Å²) in [6, 6.07) is 0. The van der Waals surface area contributed by atoms with E-state index in [0.29, 0.717) is 0 Å². The zero-order valence-electron chi connectivity index (χ0n) is 11.1. The molecule has 0 aromatic carbocycles. The number of nitrogens with zero attached hydrogens (tertiary/aromatic N) is 2. The second-order valence-corrected chi connectivity index (χ2v) is 6.44. The minimum atomic E-state index is 0. The van der Waals surface area contributed by atoms with Crippen LogP contribution in [0.5, 0.6) is 0 Å². The monoisotopic (exact) mass is 498 g/mol. The summed E-state index contributed by atoms with van der Waals surface area (Å²) in [7, 11) is 3.18. The van der Waals surface area contributed by atoms with Crippen molar-refractivity contribution in [2.75, 3.05) is 26.2 Å². The van der Waals surface area contributed by atoms with Crippen LogP contribution in [-0.4, -0.2) is 44.6 Å². The van der Waals surface area contributed by atoms with Crippen LogP contribution in [0.25, 0.3) is 0 Å². The first-order valence-corrected chi connectivity index (χ1v) is 8.49. The molecule has 0 rings (SSSR count). The molecule has 0 radical (unpaired) electrons. The van der Waals surface area contributed by atoms with E-state index in [9.17, 15) is 0 Å². The van der Waals surface area contributed by atoms with Crippen molar-refractivity contribution in [3.8, 4) is 0 Å². The summed E-state index contributed by atoms with van der Waals surface area (Å²) >= 11 is 10.7. The van der Waals surface area contributed by atoms with Gasteiger partial charge in [-0.05, 0) is 49.3 Å². The molecule has 0 atom stereocenters. The van der Waals surface area contributed by atoms with E-state index in [1.807, 2.05) is 0 Å². The van der Waals surface area contributed by atoms with Crippen LogP contribution in [0.3, 0.4) is 0 Å². The summed E-state index contributed by atoms with van der Waals surface area (Å²) in [6.07, 6.45) is 0. The molecular weight excluding hydrogens is 477 g/mol. The molecule has 0 N–H and O–H groups in total.